The smallest absolute Gasteiger partial charge is 0.0979 e. The van der Waals surface area contributed by atoms with Crippen molar-refractivity contribution < 1.29 is 0 Å². The second kappa shape index (κ2) is 5.85. The van der Waals surface area contributed by atoms with E-state index in [2.05, 4.69) is 52.1 Å². The summed E-state index contributed by atoms with van der Waals surface area (Å²) >= 11 is 5.23. The first-order valence-corrected chi connectivity index (χ1v) is 7.94. The lowest BCUT2D eigenvalue weighted by atomic mass is 10.1. The van der Waals surface area contributed by atoms with Gasteiger partial charge < -0.3 is 0 Å². The average Bonchev–Trinajstić information content (AvgIpc) is 2.81. The molecule has 4 heteroatoms. The van der Waals surface area contributed by atoms with Crippen LogP contribution in [0.25, 0.3) is 11.3 Å². The van der Waals surface area contributed by atoms with Gasteiger partial charge in [0.25, 0.3) is 0 Å². The minimum Gasteiger partial charge on any atom is -0.265 e. The van der Waals surface area contributed by atoms with E-state index in [1.807, 2.05) is 24.5 Å². The van der Waals surface area contributed by atoms with E-state index in [-0.39, 0.29) is 0 Å². The van der Waals surface area contributed by atoms with Gasteiger partial charge in [-0.2, -0.15) is 0 Å². The molecule has 3 rings (SSSR count). The number of aromatic nitrogens is 2. The molecule has 0 amide bonds. The standard InChI is InChI=1S/C16H13BrN2S/c1-11-16(13-2-4-14(17)5-3-13)19-15(20-11)10-12-6-8-18-9-7-12/h2-9H,10H2,1H3. The number of pyridine rings is 1. The van der Waals surface area contributed by atoms with Crippen LogP contribution in [0.3, 0.4) is 0 Å². The van der Waals surface area contributed by atoms with Crippen LogP contribution in [-0.2, 0) is 6.42 Å². The van der Waals surface area contributed by atoms with Gasteiger partial charge in [0.15, 0.2) is 0 Å². The highest BCUT2D eigenvalue weighted by atomic mass is 79.9. The van der Waals surface area contributed by atoms with Gasteiger partial charge in [-0.05, 0) is 36.8 Å². The summed E-state index contributed by atoms with van der Waals surface area (Å²) in [4.78, 5) is 10.1. The van der Waals surface area contributed by atoms with Gasteiger partial charge in [-0.15, -0.1) is 11.3 Å². The van der Waals surface area contributed by atoms with E-state index in [9.17, 15) is 0 Å². The summed E-state index contributed by atoms with van der Waals surface area (Å²) in [6.45, 7) is 2.13. The molecule has 0 saturated heterocycles. The molecule has 2 aromatic heterocycles. The lowest BCUT2D eigenvalue weighted by Crippen LogP contribution is -1.87. The molecule has 3 aromatic rings. The first kappa shape index (κ1) is 13.5. The largest absolute Gasteiger partial charge is 0.265 e. The molecular weight excluding hydrogens is 332 g/mol. The Morgan fingerprint density at radius 1 is 1.05 bits per heavy atom. The molecule has 0 saturated carbocycles. The molecular formula is C16H13BrN2S. The lowest BCUT2D eigenvalue weighted by Gasteiger charge is -1.99. The number of thiazole rings is 1. The maximum Gasteiger partial charge on any atom is 0.0979 e. The van der Waals surface area contributed by atoms with Crippen LogP contribution in [0.2, 0.25) is 0 Å². The van der Waals surface area contributed by atoms with Crippen LogP contribution in [0.15, 0.2) is 53.3 Å². The second-order valence-electron chi connectivity index (χ2n) is 4.55. The van der Waals surface area contributed by atoms with Gasteiger partial charge in [-0.25, -0.2) is 4.98 Å². The highest BCUT2D eigenvalue weighted by Crippen LogP contribution is 2.29. The third-order valence-corrected chi connectivity index (χ3v) is 4.56. The third-order valence-electron chi connectivity index (χ3n) is 3.06. The topological polar surface area (TPSA) is 25.8 Å². The summed E-state index contributed by atoms with van der Waals surface area (Å²) in [5.74, 6) is 0. The molecule has 0 spiro atoms. The molecule has 0 atom stereocenters. The molecule has 0 bridgehead atoms. The zero-order chi connectivity index (χ0) is 13.9. The van der Waals surface area contributed by atoms with Gasteiger partial charge in [0.05, 0.1) is 10.7 Å². The van der Waals surface area contributed by atoms with E-state index in [0.29, 0.717) is 0 Å². The van der Waals surface area contributed by atoms with Crippen molar-refractivity contribution >= 4 is 27.3 Å². The first-order valence-electron chi connectivity index (χ1n) is 6.33. The van der Waals surface area contributed by atoms with Crippen molar-refractivity contribution in [3.63, 3.8) is 0 Å². The summed E-state index contributed by atoms with van der Waals surface area (Å²) in [6.07, 6.45) is 4.52. The minimum absolute atomic E-state index is 0.866. The number of benzene rings is 1. The molecule has 100 valence electrons. The van der Waals surface area contributed by atoms with Crippen molar-refractivity contribution in [2.75, 3.05) is 0 Å². The maximum atomic E-state index is 4.79. The Labute approximate surface area is 130 Å². The summed E-state index contributed by atoms with van der Waals surface area (Å²) in [6, 6.07) is 12.4. The molecule has 0 aliphatic rings. The molecule has 0 radical (unpaired) electrons. The number of aryl methyl sites for hydroxylation is 1. The molecule has 1 aromatic carbocycles. The Kier molecular flexibility index (Phi) is 3.94. The second-order valence-corrected chi connectivity index (χ2v) is 6.75. The van der Waals surface area contributed by atoms with Crippen molar-refractivity contribution in [3.05, 3.63) is 68.7 Å². The van der Waals surface area contributed by atoms with Crippen LogP contribution >= 0.6 is 27.3 Å². The highest BCUT2D eigenvalue weighted by Gasteiger charge is 2.10. The van der Waals surface area contributed by atoms with Crippen LogP contribution in [0.5, 0.6) is 0 Å². The Morgan fingerprint density at radius 3 is 2.45 bits per heavy atom. The van der Waals surface area contributed by atoms with Gasteiger partial charge in [-0.1, -0.05) is 28.1 Å². The van der Waals surface area contributed by atoms with Crippen LogP contribution in [0.1, 0.15) is 15.4 Å². The number of rotatable bonds is 3. The Balaban J connectivity index is 1.89. The van der Waals surface area contributed by atoms with Gasteiger partial charge in [-0.3, -0.25) is 4.98 Å². The summed E-state index contributed by atoms with van der Waals surface area (Å²) in [5.41, 5.74) is 3.51. The van der Waals surface area contributed by atoms with Gasteiger partial charge in [0.2, 0.25) is 0 Å². The van der Waals surface area contributed by atoms with Crippen molar-refractivity contribution in [3.8, 4) is 11.3 Å². The first-order chi connectivity index (χ1) is 9.72. The Morgan fingerprint density at radius 2 is 1.75 bits per heavy atom. The summed E-state index contributed by atoms with van der Waals surface area (Å²) in [5, 5.41) is 1.15. The third kappa shape index (κ3) is 2.97. The quantitative estimate of drug-likeness (QED) is 0.677. The van der Waals surface area contributed by atoms with Crippen LogP contribution in [0, 0.1) is 6.92 Å². The van der Waals surface area contributed by atoms with Crippen molar-refractivity contribution in [2.24, 2.45) is 0 Å². The summed E-state index contributed by atoms with van der Waals surface area (Å²) in [7, 11) is 0. The SMILES string of the molecule is Cc1sc(Cc2ccncc2)nc1-c1ccc(Br)cc1. The lowest BCUT2D eigenvalue weighted by molar-refractivity contribution is 1.12. The Bertz CT molecular complexity index is 705. The molecule has 0 unspecified atom stereocenters. The molecule has 0 N–H and O–H groups in total. The van der Waals surface area contributed by atoms with E-state index in [4.69, 9.17) is 4.98 Å². The monoisotopic (exact) mass is 344 g/mol. The number of halogens is 1. The van der Waals surface area contributed by atoms with E-state index >= 15 is 0 Å². The highest BCUT2D eigenvalue weighted by molar-refractivity contribution is 9.10. The van der Waals surface area contributed by atoms with Crippen molar-refractivity contribution in [2.45, 2.75) is 13.3 Å². The Hall–Kier alpha value is -1.52. The fourth-order valence-electron chi connectivity index (χ4n) is 2.08. The van der Waals surface area contributed by atoms with E-state index in [1.54, 1.807) is 11.3 Å². The predicted molar refractivity (Wildman–Crippen MR) is 87.0 cm³/mol. The summed E-state index contributed by atoms with van der Waals surface area (Å²) < 4.78 is 1.09. The van der Waals surface area contributed by atoms with E-state index in [0.717, 1.165) is 21.6 Å². The van der Waals surface area contributed by atoms with E-state index in [1.165, 1.54) is 16.0 Å². The fourth-order valence-corrected chi connectivity index (χ4v) is 3.33. The molecule has 2 nitrogen and oxygen atoms in total. The van der Waals surface area contributed by atoms with Crippen LogP contribution in [-0.4, -0.2) is 9.97 Å². The van der Waals surface area contributed by atoms with Crippen LogP contribution < -0.4 is 0 Å². The number of hydrogen-bond acceptors (Lipinski definition) is 3. The number of hydrogen-bond donors (Lipinski definition) is 0. The molecule has 20 heavy (non-hydrogen) atoms. The zero-order valence-electron chi connectivity index (χ0n) is 11.0. The molecule has 0 fully saturated rings. The van der Waals surface area contributed by atoms with Crippen molar-refractivity contribution in [1.29, 1.82) is 0 Å². The van der Waals surface area contributed by atoms with Gasteiger partial charge in [0, 0.05) is 33.7 Å². The van der Waals surface area contributed by atoms with Gasteiger partial charge >= 0.3 is 0 Å². The van der Waals surface area contributed by atoms with Gasteiger partial charge in [0.1, 0.15) is 0 Å². The van der Waals surface area contributed by atoms with Crippen LogP contribution in [0.4, 0.5) is 0 Å². The molecule has 0 aliphatic heterocycles. The molecule has 2 heterocycles. The normalized spacial score (nSPS) is 10.7. The number of nitrogens with zero attached hydrogens (tertiary/aromatic N) is 2. The minimum atomic E-state index is 0.866. The van der Waals surface area contributed by atoms with E-state index < -0.39 is 0 Å². The molecule has 0 aliphatic carbocycles. The predicted octanol–water partition coefficient (Wildman–Crippen LogP) is 4.87. The fraction of sp³-hybridized carbons (Fsp3) is 0.125. The zero-order valence-corrected chi connectivity index (χ0v) is 13.4. The van der Waals surface area contributed by atoms with Crippen molar-refractivity contribution in [1.82, 2.24) is 9.97 Å². The maximum absolute atomic E-state index is 4.79. The average molecular weight is 345 g/mol.